The van der Waals surface area contributed by atoms with Gasteiger partial charge in [0.05, 0.1) is 10.5 Å². The molecule has 3 aromatic rings. The summed E-state index contributed by atoms with van der Waals surface area (Å²) < 4.78 is 115. The van der Waals surface area contributed by atoms with Gasteiger partial charge in [-0.05, 0) is 52.3 Å². The highest BCUT2D eigenvalue weighted by Gasteiger charge is 2.75. The van der Waals surface area contributed by atoms with Crippen molar-refractivity contribution in [1.82, 2.24) is 0 Å². The fourth-order valence-electron chi connectivity index (χ4n) is 3.07. The van der Waals surface area contributed by atoms with Gasteiger partial charge in [-0.1, -0.05) is 42.5 Å². The van der Waals surface area contributed by atoms with Crippen LogP contribution in [0.1, 0.15) is 15.9 Å². The molecular formula is C22H14BrF6NO4S. The number of halogens is 7. The number of carbonyl (C=O) groups excluding carboxylic acids is 1. The first-order valence-corrected chi connectivity index (χ1v) is 11.8. The molecule has 5 nitrogen and oxygen atoms in total. The number of nitrogens with one attached hydrogen (secondary N) is 1. The van der Waals surface area contributed by atoms with Crippen molar-refractivity contribution in [2.24, 2.45) is 0 Å². The number of rotatable bonds is 6. The molecule has 0 unspecified atom stereocenters. The second-order valence-electron chi connectivity index (χ2n) is 7.04. The minimum Gasteiger partial charge on any atom is -0.431 e. The maximum atomic E-state index is 14.0. The van der Waals surface area contributed by atoms with Crippen molar-refractivity contribution in [1.29, 1.82) is 0 Å². The molecule has 0 aromatic heterocycles. The average Bonchev–Trinajstić information content (AvgIpc) is 2.77. The molecule has 186 valence electrons. The lowest BCUT2D eigenvalue weighted by Crippen LogP contribution is -2.56. The van der Waals surface area contributed by atoms with E-state index >= 15 is 0 Å². The Hall–Kier alpha value is -3.06. The van der Waals surface area contributed by atoms with Crippen molar-refractivity contribution in [3.63, 3.8) is 0 Å². The minimum atomic E-state index is -6.12. The highest BCUT2D eigenvalue weighted by Crippen LogP contribution is 2.53. The van der Waals surface area contributed by atoms with Gasteiger partial charge in [0.1, 0.15) is 0 Å². The van der Waals surface area contributed by atoms with Crippen LogP contribution >= 0.6 is 15.9 Å². The van der Waals surface area contributed by atoms with E-state index in [1.807, 2.05) is 0 Å². The van der Waals surface area contributed by atoms with Gasteiger partial charge in [-0.3, -0.25) is 4.72 Å². The molecule has 0 amide bonds. The number of benzene rings is 3. The normalized spacial score (nSPS) is 12.8. The average molecular weight is 582 g/mol. The highest BCUT2D eigenvalue weighted by molar-refractivity contribution is 9.10. The standard InChI is InChI=1S/C22H14BrF6NO4S/c23-18-9-5-4-8-17(18)19(31)34-20(21(24,25)26,22(27,28)29)14-10-12-15(13-11-14)30-35(32,33)16-6-2-1-3-7-16/h1-13,30H. The molecule has 0 atom stereocenters. The Balaban J connectivity index is 2.04. The second kappa shape index (κ2) is 9.53. The van der Waals surface area contributed by atoms with Crippen molar-refractivity contribution < 1.29 is 44.3 Å². The fourth-order valence-corrected chi connectivity index (χ4v) is 4.60. The number of anilines is 1. The third kappa shape index (κ3) is 5.30. The highest BCUT2D eigenvalue weighted by atomic mass is 79.9. The predicted molar refractivity (Wildman–Crippen MR) is 117 cm³/mol. The van der Waals surface area contributed by atoms with Crippen LogP contribution in [0.3, 0.4) is 0 Å². The maximum absolute atomic E-state index is 14.0. The molecule has 3 rings (SSSR count). The Bertz CT molecular complexity index is 1300. The van der Waals surface area contributed by atoms with Gasteiger partial charge >= 0.3 is 23.9 Å². The second-order valence-corrected chi connectivity index (χ2v) is 9.58. The summed E-state index contributed by atoms with van der Waals surface area (Å²) in [5.41, 5.74) is -7.37. The van der Waals surface area contributed by atoms with Crippen molar-refractivity contribution in [2.75, 3.05) is 4.72 Å². The molecule has 0 fully saturated rings. The van der Waals surface area contributed by atoms with E-state index < -0.39 is 45.1 Å². The smallest absolute Gasteiger partial charge is 0.431 e. The van der Waals surface area contributed by atoms with Crippen LogP contribution in [0.25, 0.3) is 0 Å². The first kappa shape index (κ1) is 26.5. The minimum absolute atomic E-state index is 0.0751. The summed E-state index contributed by atoms with van der Waals surface area (Å²) in [6.07, 6.45) is -12.2. The van der Waals surface area contributed by atoms with Crippen molar-refractivity contribution in [2.45, 2.75) is 22.8 Å². The first-order valence-electron chi connectivity index (χ1n) is 9.49. The Morgan fingerprint density at radius 2 is 1.29 bits per heavy atom. The fraction of sp³-hybridized carbons (Fsp3) is 0.136. The van der Waals surface area contributed by atoms with Gasteiger partial charge < -0.3 is 4.74 Å². The van der Waals surface area contributed by atoms with Gasteiger partial charge in [-0.25, -0.2) is 13.2 Å². The Morgan fingerprint density at radius 3 is 1.80 bits per heavy atom. The molecule has 13 heteroatoms. The number of ether oxygens (including phenoxy) is 1. The van der Waals surface area contributed by atoms with Crippen LogP contribution in [0.5, 0.6) is 0 Å². The predicted octanol–water partition coefficient (Wildman–Crippen LogP) is 6.43. The van der Waals surface area contributed by atoms with Crippen molar-refractivity contribution >= 4 is 37.6 Å². The topological polar surface area (TPSA) is 72.5 Å². The van der Waals surface area contributed by atoms with E-state index in [9.17, 15) is 39.6 Å². The molecule has 0 saturated carbocycles. The van der Waals surface area contributed by atoms with Crippen molar-refractivity contribution in [3.8, 4) is 0 Å². The van der Waals surface area contributed by atoms with Crippen molar-refractivity contribution in [3.05, 3.63) is 94.5 Å². The quantitative estimate of drug-likeness (QED) is 0.269. The number of hydrogen-bond donors (Lipinski definition) is 1. The van der Waals surface area contributed by atoms with Gasteiger partial charge in [0, 0.05) is 15.7 Å². The molecule has 0 aliphatic carbocycles. The van der Waals surface area contributed by atoms with Gasteiger partial charge in [-0.15, -0.1) is 0 Å². The zero-order valence-electron chi connectivity index (χ0n) is 17.2. The van der Waals surface area contributed by atoms with Gasteiger partial charge in [0.25, 0.3) is 10.0 Å². The van der Waals surface area contributed by atoms with Crippen LogP contribution in [0.15, 0.2) is 88.2 Å². The lowest BCUT2D eigenvalue weighted by molar-refractivity contribution is -0.373. The molecular weight excluding hydrogens is 568 g/mol. The van der Waals surface area contributed by atoms with Crippen LogP contribution in [0, 0.1) is 0 Å². The molecule has 0 radical (unpaired) electrons. The number of alkyl halides is 6. The zero-order valence-corrected chi connectivity index (χ0v) is 19.6. The zero-order chi connectivity index (χ0) is 26.1. The summed E-state index contributed by atoms with van der Waals surface area (Å²) in [5.74, 6) is -1.87. The molecule has 0 aliphatic rings. The van der Waals surface area contributed by atoms with Crippen LogP contribution in [-0.4, -0.2) is 26.7 Å². The van der Waals surface area contributed by atoms with Gasteiger partial charge in [-0.2, -0.15) is 26.3 Å². The molecule has 0 saturated heterocycles. The first-order chi connectivity index (χ1) is 16.2. The van der Waals surface area contributed by atoms with E-state index in [2.05, 4.69) is 25.4 Å². The number of hydrogen-bond acceptors (Lipinski definition) is 4. The van der Waals surface area contributed by atoms with Crippen LogP contribution < -0.4 is 4.72 Å². The summed E-state index contributed by atoms with van der Waals surface area (Å²) in [6.45, 7) is 0. The Kier molecular flexibility index (Phi) is 7.23. The monoisotopic (exact) mass is 581 g/mol. The van der Waals surface area contributed by atoms with E-state index in [-0.39, 0.29) is 15.1 Å². The Morgan fingerprint density at radius 1 is 0.771 bits per heavy atom. The largest absolute Gasteiger partial charge is 0.442 e. The molecule has 0 bridgehead atoms. The lowest BCUT2D eigenvalue weighted by atomic mass is 9.91. The number of carbonyl (C=O) groups is 1. The summed E-state index contributed by atoms with van der Waals surface area (Å²) in [7, 11) is -4.16. The van der Waals surface area contributed by atoms with Crippen LogP contribution in [0.2, 0.25) is 0 Å². The van der Waals surface area contributed by atoms with Gasteiger partial charge in [0.2, 0.25) is 0 Å². The van der Waals surface area contributed by atoms with Crippen LogP contribution in [-0.2, 0) is 20.4 Å². The summed E-state index contributed by atoms with van der Waals surface area (Å²) in [6, 6.07) is 13.9. The Labute approximate surface area is 203 Å². The molecule has 3 aromatic carbocycles. The third-order valence-corrected chi connectivity index (χ3v) is 6.82. The number of esters is 1. The number of sulfonamides is 1. The van der Waals surface area contributed by atoms with Crippen LogP contribution in [0.4, 0.5) is 32.0 Å². The van der Waals surface area contributed by atoms with E-state index in [0.717, 1.165) is 6.07 Å². The van der Waals surface area contributed by atoms with E-state index in [4.69, 9.17) is 0 Å². The molecule has 35 heavy (non-hydrogen) atoms. The van der Waals surface area contributed by atoms with Gasteiger partial charge in [0.15, 0.2) is 0 Å². The molecule has 0 heterocycles. The maximum Gasteiger partial charge on any atom is 0.442 e. The summed E-state index contributed by atoms with van der Waals surface area (Å²) >= 11 is 2.89. The molecule has 1 N–H and O–H groups in total. The molecule has 0 spiro atoms. The summed E-state index contributed by atoms with van der Waals surface area (Å²) in [5, 5.41) is 0. The SMILES string of the molecule is O=C(OC(c1ccc(NS(=O)(=O)c2ccccc2)cc1)(C(F)(F)F)C(F)(F)F)c1ccccc1Br. The third-order valence-electron chi connectivity index (χ3n) is 4.74. The van der Waals surface area contributed by atoms with E-state index in [1.54, 1.807) is 6.07 Å². The lowest BCUT2D eigenvalue weighted by Gasteiger charge is -2.37. The van der Waals surface area contributed by atoms with E-state index in [1.165, 1.54) is 42.5 Å². The molecule has 0 aliphatic heterocycles. The van der Waals surface area contributed by atoms with E-state index in [0.29, 0.717) is 24.3 Å². The summed E-state index contributed by atoms with van der Waals surface area (Å²) in [4.78, 5) is 12.2.